The average molecular weight is 239 g/mol. The summed E-state index contributed by atoms with van der Waals surface area (Å²) >= 11 is 0. The molecule has 2 rings (SSSR count). The Bertz CT molecular complexity index is 385. The van der Waals surface area contributed by atoms with Crippen molar-refractivity contribution in [1.82, 2.24) is 5.32 Å². The topological polar surface area (TPSA) is 21.3 Å². The van der Waals surface area contributed by atoms with Crippen molar-refractivity contribution in [1.29, 1.82) is 0 Å². The van der Waals surface area contributed by atoms with Gasteiger partial charge in [0.05, 0.1) is 0 Å². The number of ether oxygens (including phenoxy) is 1. The van der Waals surface area contributed by atoms with Crippen molar-refractivity contribution in [3.05, 3.63) is 42.0 Å². The Balaban J connectivity index is 1.94. The third kappa shape index (κ3) is 3.53. The second kappa shape index (κ2) is 5.77. The largest absolute Gasteiger partial charge is 0.434 e. The van der Waals surface area contributed by atoms with E-state index in [0.29, 0.717) is 12.6 Å². The van der Waals surface area contributed by atoms with Crippen molar-refractivity contribution in [3.63, 3.8) is 0 Å². The molecule has 1 aliphatic carbocycles. The maximum Gasteiger partial charge on any atom is 0.387 e. The van der Waals surface area contributed by atoms with E-state index in [2.05, 4.69) is 22.2 Å². The molecular weight excluding hydrogens is 224 g/mol. The van der Waals surface area contributed by atoms with E-state index >= 15 is 0 Å². The Morgan fingerprint density at radius 1 is 1.24 bits per heavy atom. The van der Waals surface area contributed by atoms with Crippen LogP contribution >= 0.6 is 0 Å². The smallest absolute Gasteiger partial charge is 0.387 e. The molecule has 0 radical (unpaired) electrons. The highest BCUT2D eigenvalue weighted by Gasteiger charge is 2.12. The number of alkyl halides is 2. The van der Waals surface area contributed by atoms with Crippen LogP contribution in [0.15, 0.2) is 36.4 Å². The van der Waals surface area contributed by atoms with E-state index < -0.39 is 6.61 Å². The van der Waals surface area contributed by atoms with Gasteiger partial charge in [-0.15, -0.1) is 0 Å². The molecule has 0 aromatic heterocycles. The summed E-state index contributed by atoms with van der Waals surface area (Å²) in [5.74, 6) is 0.251. The van der Waals surface area contributed by atoms with Gasteiger partial charge in [-0.05, 0) is 18.9 Å². The Hall–Kier alpha value is -1.42. The van der Waals surface area contributed by atoms with Gasteiger partial charge in [0.15, 0.2) is 0 Å². The number of hydrogen-bond donors (Lipinski definition) is 1. The molecule has 0 unspecified atom stereocenters. The minimum Gasteiger partial charge on any atom is -0.434 e. The Morgan fingerprint density at radius 2 is 1.94 bits per heavy atom. The molecular formula is C13H15F2NO. The molecule has 0 atom stereocenters. The summed E-state index contributed by atoms with van der Waals surface area (Å²) in [5.41, 5.74) is 0.764. The standard InChI is InChI=1S/C13H15F2NO/c14-13(15)17-12-8-4-1-5-10(12)9-16-11-6-2-3-7-11/h1-5,8,11,13,16H,6-7,9H2. The Morgan fingerprint density at radius 3 is 2.65 bits per heavy atom. The lowest BCUT2D eigenvalue weighted by molar-refractivity contribution is -0.0505. The van der Waals surface area contributed by atoms with Crippen molar-refractivity contribution >= 4 is 0 Å². The molecule has 0 aliphatic heterocycles. The van der Waals surface area contributed by atoms with Crippen LogP contribution in [0.2, 0.25) is 0 Å². The first-order chi connectivity index (χ1) is 8.25. The zero-order chi connectivity index (χ0) is 12.1. The molecule has 2 nitrogen and oxygen atoms in total. The summed E-state index contributed by atoms with van der Waals surface area (Å²) in [6, 6.07) is 7.29. The summed E-state index contributed by atoms with van der Waals surface area (Å²) in [6.45, 7) is -2.22. The van der Waals surface area contributed by atoms with E-state index in [9.17, 15) is 8.78 Å². The third-order valence-corrected chi connectivity index (χ3v) is 2.78. The fraction of sp³-hybridized carbons (Fsp3) is 0.385. The number of halogens is 2. The molecule has 1 aromatic rings. The van der Waals surface area contributed by atoms with Crippen LogP contribution < -0.4 is 10.1 Å². The summed E-state index contributed by atoms with van der Waals surface area (Å²) in [5, 5.41) is 3.32. The first-order valence-corrected chi connectivity index (χ1v) is 5.67. The molecule has 1 N–H and O–H groups in total. The van der Waals surface area contributed by atoms with Gasteiger partial charge in [-0.2, -0.15) is 8.78 Å². The molecule has 0 saturated carbocycles. The average Bonchev–Trinajstić information content (AvgIpc) is 2.80. The number of benzene rings is 1. The SMILES string of the molecule is FC(F)Oc1ccccc1CNC1CC=CC1. The highest BCUT2D eigenvalue weighted by atomic mass is 19.3. The molecule has 0 saturated heterocycles. The normalized spacial score (nSPS) is 15.7. The number of nitrogens with one attached hydrogen (secondary N) is 1. The van der Waals surface area contributed by atoms with E-state index in [1.165, 1.54) is 0 Å². The quantitative estimate of drug-likeness (QED) is 0.797. The van der Waals surface area contributed by atoms with Gasteiger partial charge in [-0.3, -0.25) is 0 Å². The fourth-order valence-corrected chi connectivity index (χ4v) is 1.90. The van der Waals surface area contributed by atoms with Crippen molar-refractivity contribution in [2.24, 2.45) is 0 Å². The monoisotopic (exact) mass is 239 g/mol. The molecule has 1 aliphatic rings. The van der Waals surface area contributed by atoms with Crippen molar-refractivity contribution in [2.75, 3.05) is 0 Å². The second-order valence-electron chi connectivity index (χ2n) is 4.01. The molecule has 0 bridgehead atoms. The van der Waals surface area contributed by atoms with Gasteiger partial charge in [-0.1, -0.05) is 30.4 Å². The van der Waals surface area contributed by atoms with Crippen molar-refractivity contribution in [3.8, 4) is 5.75 Å². The first-order valence-electron chi connectivity index (χ1n) is 5.67. The van der Waals surface area contributed by atoms with E-state index in [0.717, 1.165) is 18.4 Å². The fourth-order valence-electron chi connectivity index (χ4n) is 1.90. The molecule has 4 heteroatoms. The minimum absolute atomic E-state index is 0.251. The van der Waals surface area contributed by atoms with Crippen LogP contribution in [-0.4, -0.2) is 12.7 Å². The second-order valence-corrected chi connectivity index (χ2v) is 4.01. The lowest BCUT2D eigenvalue weighted by Gasteiger charge is -2.14. The van der Waals surface area contributed by atoms with Gasteiger partial charge >= 0.3 is 6.61 Å². The minimum atomic E-state index is -2.77. The molecule has 1 aromatic carbocycles. The molecule has 0 spiro atoms. The maximum absolute atomic E-state index is 12.2. The van der Waals surface area contributed by atoms with Crippen LogP contribution in [0.25, 0.3) is 0 Å². The van der Waals surface area contributed by atoms with E-state index in [4.69, 9.17) is 0 Å². The van der Waals surface area contributed by atoms with Crippen LogP contribution in [0.4, 0.5) is 8.78 Å². The van der Waals surface area contributed by atoms with Gasteiger partial charge in [0.2, 0.25) is 0 Å². The summed E-state index contributed by atoms with van der Waals surface area (Å²) < 4.78 is 28.8. The number of rotatable bonds is 5. The lowest BCUT2D eigenvalue weighted by Crippen LogP contribution is -2.26. The van der Waals surface area contributed by atoms with Gasteiger partial charge in [0.1, 0.15) is 5.75 Å². The molecule has 0 fully saturated rings. The van der Waals surface area contributed by atoms with E-state index in [1.54, 1.807) is 18.2 Å². The summed E-state index contributed by atoms with van der Waals surface area (Å²) in [4.78, 5) is 0. The molecule has 0 heterocycles. The third-order valence-electron chi connectivity index (χ3n) is 2.78. The van der Waals surface area contributed by atoms with Crippen molar-refractivity contribution < 1.29 is 13.5 Å². The molecule has 92 valence electrons. The lowest BCUT2D eigenvalue weighted by atomic mass is 10.1. The van der Waals surface area contributed by atoms with Crippen LogP contribution in [-0.2, 0) is 6.54 Å². The number of hydrogen-bond acceptors (Lipinski definition) is 2. The predicted molar refractivity (Wildman–Crippen MR) is 62.1 cm³/mol. The highest BCUT2D eigenvalue weighted by Crippen LogP contribution is 2.20. The summed E-state index contributed by atoms with van der Waals surface area (Å²) in [6.07, 6.45) is 6.24. The van der Waals surface area contributed by atoms with E-state index in [-0.39, 0.29) is 5.75 Å². The van der Waals surface area contributed by atoms with Gasteiger partial charge < -0.3 is 10.1 Å². The van der Waals surface area contributed by atoms with Crippen molar-refractivity contribution in [2.45, 2.75) is 32.0 Å². The van der Waals surface area contributed by atoms with E-state index in [1.807, 2.05) is 6.07 Å². The Labute approximate surface area is 99.3 Å². The van der Waals surface area contributed by atoms with Crippen LogP contribution in [0.5, 0.6) is 5.75 Å². The first kappa shape index (κ1) is 12.0. The zero-order valence-corrected chi connectivity index (χ0v) is 9.40. The molecule has 17 heavy (non-hydrogen) atoms. The maximum atomic E-state index is 12.2. The van der Waals surface area contributed by atoms with Gasteiger partial charge in [0.25, 0.3) is 0 Å². The van der Waals surface area contributed by atoms with Crippen LogP contribution in [0.3, 0.4) is 0 Å². The summed E-state index contributed by atoms with van der Waals surface area (Å²) in [7, 11) is 0. The predicted octanol–water partition coefficient (Wildman–Crippen LogP) is 3.10. The van der Waals surface area contributed by atoms with Crippen LogP contribution in [0.1, 0.15) is 18.4 Å². The zero-order valence-electron chi connectivity index (χ0n) is 9.40. The highest BCUT2D eigenvalue weighted by molar-refractivity contribution is 5.33. The molecule has 0 amide bonds. The Kier molecular flexibility index (Phi) is 4.09. The number of para-hydroxylation sites is 1. The van der Waals surface area contributed by atoms with Gasteiger partial charge in [0, 0.05) is 18.2 Å². The van der Waals surface area contributed by atoms with Gasteiger partial charge in [-0.25, -0.2) is 0 Å². The van der Waals surface area contributed by atoms with Crippen LogP contribution in [0, 0.1) is 0 Å².